The standard InChI is InChI=1S/C9H11NO4.H2O/c10-6(9(13)14)3-5-1-2-7(11)8(12)4-5;/h1-2,4,6,11-12H,3,10H2,(H,13,14);1H2/t6-;/m0./s1. The van der Waals surface area contributed by atoms with Crippen molar-refractivity contribution in [2.45, 2.75) is 12.5 Å². The summed E-state index contributed by atoms with van der Waals surface area (Å²) in [6.45, 7) is 0. The first-order valence-electron chi connectivity index (χ1n) is 4.00. The Bertz CT molecular complexity index is 352. The van der Waals surface area contributed by atoms with Crippen molar-refractivity contribution < 1.29 is 25.6 Å². The maximum absolute atomic E-state index is 10.4. The van der Waals surface area contributed by atoms with E-state index in [0.29, 0.717) is 5.56 Å². The number of carbonyl (C=O) groups is 1. The Hall–Kier alpha value is -1.79. The van der Waals surface area contributed by atoms with Crippen LogP contribution in [0.3, 0.4) is 0 Å². The van der Waals surface area contributed by atoms with Crippen LogP contribution in [0.15, 0.2) is 18.2 Å². The Morgan fingerprint density at radius 2 is 1.93 bits per heavy atom. The van der Waals surface area contributed by atoms with E-state index in [4.69, 9.17) is 21.1 Å². The summed E-state index contributed by atoms with van der Waals surface area (Å²) in [6, 6.07) is 3.09. The summed E-state index contributed by atoms with van der Waals surface area (Å²) in [7, 11) is 0. The van der Waals surface area contributed by atoms with Gasteiger partial charge in [-0.15, -0.1) is 0 Å². The minimum atomic E-state index is -1.10. The fourth-order valence-electron chi connectivity index (χ4n) is 1.04. The van der Waals surface area contributed by atoms with E-state index >= 15 is 0 Å². The molecule has 84 valence electrons. The lowest BCUT2D eigenvalue weighted by molar-refractivity contribution is -0.138. The van der Waals surface area contributed by atoms with E-state index in [-0.39, 0.29) is 23.4 Å². The van der Waals surface area contributed by atoms with Crippen LogP contribution >= 0.6 is 0 Å². The normalized spacial score (nSPS) is 11.5. The molecule has 0 aromatic heterocycles. The van der Waals surface area contributed by atoms with Gasteiger partial charge in [0.2, 0.25) is 0 Å². The van der Waals surface area contributed by atoms with Crippen molar-refractivity contribution in [3.63, 3.8) is 0 Å². The third-order valence-electron chi connectivity index (χ3n) is 1.81. The molecule has 0 aliphatic carbocycles. The zero-order valence-corrected chi connectivity index (χ0v) is 7.84. The van der Waals surface area contributed by atoms with Gasteiger partial charge in [0.25, 0.3) is 0 Å². The molecule has 0 aliphatic rings. The Morgan fingerprint density at radius 1 is 1.33 bits per heavy atom. The average Bonchev–Trinajstić information content (AvgIpc) is 2.11. The molecule has 7 N–H and O–H groups in total. The highest BCUT2D eigenvalue weighted by Gasteiger charge is 2.12. The summed E-state index contributed by atoms with van der Waals surface area (Å²) in [5, 5.41) is 26.6. The van der Waals surface area contributed by atoms with Gasteiger partial charge in [-0.05, 0) is 24.1 Å². The molecule has 0 unspecified atom stereocenters. The molecule has 0 heterocycles. The van der Waals surface area contributed by atoms with Gasteiger partial charge < -0.3 is 26.5 Å². The molecule has 0 radical (unpaired) electrons. The highest BCUT2D eigenvalue weighted by atomic mass is 16.4. The summed E-state index contributed by atoms with van der Waals surface area (Å²) in [6.07, 6.45) is 0.114. The molecule has 0 aliphatic heterocycles. The number of hydrogen-bond acceptors (Lipinski definition) is 4. The number of benzene rings is 1. The molecule has 0 bridgehead atoms. The van der Waals surface area contributed by atoms with Gasteiger partial charge in [-0.3, -0.25) is 4.79 Å². The monoisotopic (exact) mass is 215 g/mol. The minimum absolute atomic E-state index is 0. The molecule has 15 heavy (non-hydrogen) atoms. The summed E-state index contributed by atoms with van der Waals surface area (Å²) in [4.78, 5) is 10.4. The predicted octanol–water partition coefficient (Wildman–Crippen LogP) is -0.772. The zero-order valence-electron chi connectivity index (χ0n) is 7.84. The number of rotatable bonds is 3. The molecule has 0 spiro atoms. The number of phenols is 2. The van der Waals surface area contributed by atoms with Gasteiger partial charge in [-0.25, -0.2) is 0 Å². The van der Waals surface area contributed by atoms with Crippen LogP contribution in [0.1, 0.15) is 5.56 Å². The van der Waals surface area contributed by atoms with E-state index in [2.05, 4.69) is 0 Å². The highest BCUT2D eigenvalue weighted by molar-refractivity contribution is 5.73. The lowest BCUT2D eigenvalue weighted by atomic mass is 10.1. The third kappa shape index (κ3) is 3.45. The van der Waals surface area contributed by atoms with Crippen molar-refractivity contribution >= 4 is 5.97 Å². The molecule has 0 amide bonds. The van der Waals surface area contributed by atoms with Crippen LogP contribution in [-0.2, 0) is 11.2 Å². The Morgan fingerprint density at radius 3 is 2.40 bits per heavy atom. The van der Waals surface area contributed by atoms with Crippen LogP contribution in [-0.4, -0.2) is 32.8 Å². The summed E-state index contributed by atoms with van der Waals surface area (Å²) in [5.74, 6) is -1.62. The second kappa shape index (κ2) is 5.18. The van der Waals surface area contributed by atoms with Crippen LogP contribution in [0.2, 0.25) is 0 Å². The van der Waals surface area contributed by atoms with E-state index in [0.717, 1.165) is 0 Å². The smallest absolute Gasteiger partial charge is 0.320 e. The molecular formula is C9H13NO5. The quantitative estimate of drug-likeness (QED) is 0.491. The van der Waals surface area contributed by atoms with E-state index in [1.54, 1.807) is 0 Å². The Balaban J connectivity index is 0.00000196. The van der Waals surface area contributed by atoms with E-state index in [9.17, 15) is 4.79 Å². The molecule has 1 rings (SSSR count). The molecule has 0 saturated carbocycles. The number of nitrogens with two attached hydrogens (primary N) is 1. The highest BCUT2D eigenvalue weighted by Crippen LogP contribution is 2.25. The number of hydrogen-bond donors (Lipinski definition) is 4. The fourth-order valence-corrected chi connectivity index (χ4v) is 1.04. The number of aromatic hydroxyl groups is 2. The first kappa shape index (κ1) is 13.2. The van der Waals surface area contributed by atoms with Gasteiger partial charge >= 0.3 is 5.97 Å². The lowest BCUT2D eigenvalue weighted by Gasteiger charge is -2.06. The topological polar surface area (TPSA) is 135 Å². The molecule has 0 saturated heterocycles. The van der Waals surface area contributed by atoms with Crippen molar-refractivity contribution in [1.29, 1.82) is 0 Å². The molecular weight excluding hydrogens is 202 g/mol. The third-order valence-corrected chi connectivity index (χ3v) is 1.81. The molecule has 0 fully saturated rings. The molecule has 1 aromatic carbocycles. The first-order valence-corrected chi connectivity index (χ1v) is 4.00. The predicted molar refractivity (Wildman–Crippen MR) is 52.7 cm³/mol. The number of carboxylic acids is 1. The maximum atomic E-state index is 10.4. The van der Waals surface area contributed by atoms with Gasteiger partial charge in [0.15, 0.2) is 11.5 Å². The molecule has 1 aromatic rings. The minimum Gasteiger partial charge on any atom is -0.504 e. The summed E-state index contributed by atoms with van der Waals surface area (Å²) >= 11 is 0. The van der Waals surface area contributed by atoms with E-state index in [1.807, 2.05) is 0 Å². The van der Waals surface area contributed by atoms with Gasteiger partial charge in [-0.2, -0.15) is 0 Å². The van der Waals surface area contributed by atoms with Crippen LogP contribution in [0.4, 0.5) is 0 Å². The zero-order chi connectivity index (χ0) is 10.7. The second-order valence-electron chi connectivity index (χ2n) is 2.97. The Labute approximate surface area is 85.9 Å². The van der Waals surface area contributed by atoms with Crippen LogP contribution in [0.5, 0.6) is 11.5 Å². The largest absolute Gasteiger partial charge is 0.504 e. The maximum Gasteiger partial charge on any atom is 0.320 e. The van der Waals surface area contributed by atoms with Crippen molar-refractivity contribution in [2.24, 2.45) is 5.73 Å². The SMILES string of the molecule is N[C@@H](Cc1ccc(O)c(O)c1)C(=O)O.O. The number of carboxylic acid groups (broad SMARTS) is 1. The van der Waals surface area contributed by atoms with Crippen molar-refractivity contribution in [2.75, 3.05) is 0 Å². The fraction of sp³-hybridized carbons (Fsp3) is 0.222. The summed E-state index contributed by atoms with van der Waals surface area (Å²) < 4.78 is 0. The van der Waals surface area contributed by atoms with Gasteiger partial charge in [0, 0.05) is 0 Å². The molecule has 6 nitrogen and oxygen atoms in total. The average molecular weight is 215 g/mol. The first-order chi connectivity index (χ1) is 6.50. The van der Waals surface area contributed by atoms with E-state index < -0.39 is 12.0 Å². The van der Waals surface area contributed by atoms with E-state index in [1.165, 1.54) is 18.2 Å². The summed E-state index contributed by atoms with van der Waals surface area (Å²) in [5.41, 5.74) is 5.86. The van der Waals surface area contributed by atoms with Crippen molar-refractivity contribution in [1.82, 2.24) is 0 Å². The Kier molecular flexibility index (Phi) is 4.56. The van der Waals surface area contributed by atoms with Crippen molar-refractivity contribution in [3.8, 4) is 11.5 Å². The lowest BCUT2D eigenvalue weighted by Crippen LogP contribution is -2.32. The van der Waals surface area contributed by atoms with Crippen LogP contribution < -0.4 is 5.73 Å². The van der Waals surface area contributed by atoms with Crippen LogP contribution in [0.25, 0.3) is 0 Å². The molecule has 6 heteroatoms. The van der Waals surface area contributed by atoms with Gasteiger partial charge in [0.1, 0.15) is 6.04 Å². The number of phenolic OH excluding ortho intramolecular Hbond substituents is 2. The number of aliphatic carboxylic acids is 1. The van der Waals surface area contributed by atoms with Crippen molar-refractivity contribution in [3.05, 3.63) is 23.8 Å². The van der Waals surface area contributed by atoms with Gasteiger partial charge in [0.05, 0.1) is 0 Å². The second-order valence-corrected chi connectivity index (χ2v) is 2.97. The van der Waals surface area contributed by atoms with Crippen LogP contribution in [0, 0.1) is 0 Å². The molecule has 1 atom stereocenters. The van der Waals surface area contributed by atoms with Gasteiger partial charge in [-0.1, -0.05) is 6.07 Å².